The molecule has 0 aliphatic carbocycles. The highest BCUT2D eigenvalue weighted by molar-refractivity contribution is 6.13. The second-order valence-corrected chi connectivity index (χ2v) is 5.10. The number of aliphatic hydroxyl groups excluding tert-OH is 1. The highest BCUT2D eigenvalue weighted by Gasteiger charge is 2.22. The fourth-order valence-electron chi connectivity index (χ4n) is 2.50. The lowest BCUT2D eigenvalue weighted by Gasteiger charge is -2.21. The van der Waals surface area contributed by atoms with Crippen LogP contribution in [0.25, 0.3) is 0 Å². The van der Waals surface area contributed by atoms with Gasteiger partial charge in [-0.1, -0.05) is 32.8 Å². The number of amides is 2. The third-order valence-corrected chi connectivity index (χ3v) is 3.75. The molecular weight excluding hydrogens is 256 g/mol. The van der Waals surface area contributed by atoms with Crippen molar-refractivity contribution in [3.8, 4) is 0 Å². The van der Waals surface area contributed by atoms with Gasteiger partial charge in [-0.15, -0.1) is 0 Å². The molecule has 0 saturated carbocycles. The highest BCUT2D eigenvalue weighted by Crippen LogP contribution is 2.32. The van der Waals surface area contributed by atoms with Crippen LogP contribution in [-0.2, 0) is 9.59 Å². The number of benzene rings is 1. The van der Waals surface area contributed by atoms with Crippen molar-refractivity contribution in [2.75, 3.05) is 10.6 Å². The average Bonchev–Trinajstić information content (AvgIpc) is 2.55. The molecule has 1 unspecified atom stereocenters. The van der Waals surface area contributed by atoms with Crippen molar-refractivity contribution in [1.82, 2.24) is 0 Å². The summed E-state index contributed by atoms with van der Waals surface area (Å²) >= 11 is 0. The van der Waals surface area contributed by atoms with Crippen LogP contribution in [-0.4, -0.2) is 16.9 Å². The number of fused-ring (bicyclic) bond motifs is 1. The Bertz CT molecular complexity index is 524. The zero-order valence-electron chi connectivity index (χ0n) is 11.8. The summed E-state index contributed by atoms with van der Waals surface area (Å²) in [7, 11) is 0. The van der Waals surface area contributed by atoms with E-state index in [4.69, 9.17) is 0 Å². The van der Waals surface area contributed by atoms with Gasteiger partial charge in [0.2, 0.25) is 11.8 Å². The lowest BCUT2D eigenvalue weighted by atomic mass is 9.91. The van der Waals surface area contributed by atoms with Crippen molar-refractivity contribution in [2.24, 2.45) is 5.92 Å². The van der Waals surface area contributed by atoms with E-state index in [0.29, 0.717) is 11.4 Å². The van der Waals surface area contributed by atoms with Crippen molar-refractivity contribution in [3.05, 3.63) is 23.8 Å². The van der Waals surface area contributed by atoms with E-state index in [1.807, 2.05) is 13.8 Å². The van der Waals surface area contributed by atoms with Crippen LogP contribution < -0.4 is 10.6 Å². The van der Waals surface area contributed by atoms with Crippen LogP contribution in [0.1, 0.15) is 44.8 Å². The molecule has 0 aromatic heterocycles. The first-order chi connectivity index (χ1) is 9.55. The van der Waals surface area contributed by atoms with E-state index < -0.39 is 6.10 Å². The van der Waals surface area contributed by atoms with Gasteiger partial charge in [-0.05, 0) is 23.6 Å². The lowest BCUT2D eigenvalue weighted by Crippen LogP contribution is -2.16. The maximum Gasteiger partial charge on any atom is 0.233 e. The summed E-state index contributed by atoms with van der Waals surface area (Å²) in [5, 5.41) is 15.7. The number of carbonyl (C=O) groups is 2. The van der Waals surface area contributed by atoms with Crippen molar-refractivity contribution >= 4 is 23.2 Å². The van der Waals surface area contributed by atoms with Gasteiger partial charge in [0.15, 0.2) is 0 Å². The normalized spacial score (nSPS) is 16.2. The Kier molecular flexibility index (Phi) is 4.39. The Labute approximate surface area is 118 Å². The fourth-order valence-corrected chi connectivity index (χ4v) is 2.50. The summed E-state index contributed by atoms with van der Waals surface area (Å²) in [6.07, 6.45) is 1.03. The van der Waals surface area contributed by atoms with Crippen molar-refractivity contribution < 1.29 is 14.7 Å². The molecule has 1 atom stereocenters. The predicted molar refractivity (Wildman–Crippen MR) is 77.4 cm³/mol. The minimum absolute atomic E-state index is 0.181. The maximum absolute atomic E-state index is 11.5. The smallest absolute Gasteiger partial charge is 0.233 e. The summed E-state index contributed by atoms with van der Waals surface area (Å²) in [6.45, 7) is 4.09. The van der Waals surface area contributed by atoms with Crippen LogP contribution in [0.5, 0.6) is 0 Å². The van der Waals surface area contributed by atoms with E-state index in [1.165, 1.54) is 0 Å². The second kappa shape index (κ2) is 6.05. The number of hydrogen-bond donors (Lipinski definition) is 3. The Balaban J connectivity index is 2.31. The van der Waals surface area contributed by atoms with Gasteiger partial charge in [0.1, 0.15) is 6.42 Å². The number of rotatable bonds is 4. The van der Waals surface area contributed by atoms with Gasteiger partial charge in [0.25, 0.3) is 0 Å². The molecule has 5 nitrogen and oxygen atoms in total. The van der Waals surface area contributed by atoms with E-state index >= 15 is 0 Å². The van der Waals surface area contributed by atoms with Gasteiger partial charge in [-0.3, -0.25) is 9.59 Å². The van der Waals surface area contributed by atoms with Crippen molar-refractivity contribution in [2.45, 2.75) is 39.2 Å². The van der Waals surface area contributed by atoms with Gasteiger partial charge in [0, 0.05) is 0 Å². The van der Waals surface area contributed by atoms with Crippen LogP contribution in [0, 0.1) is 5.92 Å². The minimum atomic E-state index is -0.564. The number of anilines is 2. The topological polar surface area (TPSA) is 78.4 Å². The van der Waals surface area contributed by atoms with Gasteiger partial charge in [-0.25, -0.2) is 0 Å². The quantitative estimate of drug-likeness (QED) is 0.739. The molecule has 1 aliphatic rings. The number of aliphatic hydroxyl groups is 1. The Morgan fingerprint density at radius 3 is 2.30 bits per heavy atom. The first kappa shape index (κ1) is 14.5. The Morgan fingerprint density at radius 2 is 1.70 bits per heavy atom. The molecule has 0 bridgehead atoms. The van der Waals surface area contributed by atoms with Gasteiger partial charge in [-0.2, -0.15) is 0 Å². The van der Waals surface area contributed by atoms with Crippen molar-refractivity contribution in [1.29, 1.82) is 0 Å². The molecule has 1 aliphatic heterocycles. The van der Waals surface area contributed by atoms with E-state index in [2.05, 4.69) is 10.6 Å². The summed E-state index contributed by atoms with van der Waals surface area (Å²) in [6, 6.07) is 5.25. The van der Waals surface area contributed by atoms with Crippen molar-refractivity contribution in [3.63, 3.8) is 0 Å². The second-order valence-electron chi connectivity index (χ2n) is 5.10. The van der Waals surface area contributed by atoms with E-state index in [0.717, 1.165) is 18.4 Å². The molecule has 0 spiro atoms. The van der Waals surface area contributed by atoms with Crippen LogP contribution in [0.15, 0.2) is 18.2 Å². The molecule has 1 heterocycles. The van der Waals surface area contributed by atoms with Crippen LogP contribution in [0.3, 0.4) is 0 Å². The van der Waals surface area contributed by atoms with Crippen LogP contribution >= 0.6 is 0 Å². The molecule has 0 fully saturated rings. The predicted octanol–water partition coefficient (Wildman–Crippen LogP) is 2.44. The lowest BCUT2D eigenvalue weighted by molar-refractivity contribution is -0.123. The first-order valence-electron chi connectivity index (χ1n) is 6.96. The molecule has 1 aromatic carbocycles. The molecule has 1 aromatic rings. The molecule has 2 amide bonds. The largest absolute Gasteiger partial charge is 0.388 e. The minimum Gasteiger partial charge on any atom is -0.388 e. The SMILES string of the molecule is CCC(CC)C(O)c1ccc2c(c1)NC(=O)CC(=O)N2. The molecule has 0 radical (unpaired) electrons. The van der Waals surface area contributed by atoms with E-state index in [9.17, 15) is 14.7 Å². The van der Waals surface area contributed by atoms with Gasteiger partial charge in [0.05, 0.1) is 17.5 Å². The molecular formula is C15H20N2O3. The summed E-state index contributed by atoms with van der Waals surface area (Å²) in [5.74, 6) is -0.478. The molecule has 3 N–H and O–H groups in total. The number of nitrogens with one attached hydrogen (secondary N) is 2. The zero-order chi connectivity index (χ0) is 14.7. The van der Waals surface area contributed by atoms with E-state index in [-0.39, 0.29) is 24.2 Å². The van der Waals surface area contributed by atoms with Crippen LogP contribution in [0.2, 0.25) is 0 Å². The van der Waals surface area contributed by atoms with Crippen LogP contribution in [0.4, 0.5) is 11.4 Å². The maximum atomic E-state index is 11.5. The molecule has 0 saturated heterocycles. The first-order valence-corrected chi connectivity index (χ1v) is 6.96. The Morgan fingerprint density at radius 1 is 1.10 bits per heavy atom. The molecule has 2 rings (SSSR count). The molecule has 20 heavy (non-hydrogen) atoms. The molecule has 108 valence electrons. The Hall–Kier alpha value is -1.88. The van der Waals surface area contributed by atoms with Gasteiger partial charge < -0.3 is 15.7 Å². The third-order valence-electron chi connectivity index (χ3n) is 3.75. The number of hydrogen-bond acceptors (Lipinski definition) is 3. The third kappa shape index (κ3) is 2.99. The summed E-state index contributed by atoms with van der Waals surface area (Å²) in [4.78, 5) is 23.0. The van der Waals surface area contributed by atoms with E-state index in [1.54, 1.807) is 18.2 Å². The summed E-state index contributed by atoms with van der Waals surface area (Å²) < 4.78 is 0. The van der Waals surface area contributed by atoms with Gasteiger partial charge >= 0.3 is 0 Å². The average molecular weight is 276 g/mol. The molecule has 5 heteroatoms. The highest BCUT2D eigenvalue weighted by atomic mass is 16.3. The standard InChI is InChI=1S/C15H20N2O3/c1-3-9(4-2)15(20)10-5-6-11-12(7-10)17-14(19)8-13(18)16-11/h5-7,9,15,20H,3-4,8H2,1-2H3,(H,16,18)(H,17,19). The zero-order valence-corrected chi connectivity index (χ0v) is 11.8. The number of carbonyl (C=O) groups excluding carboxylic acids is 2. The summed E-state index contributed by atoms with van der Waals surface area (Å²) in [5.41, 5.74) is 1.87. The fraction of sp³-hybridized carbons (Fsp3) is 0.467. The monoisotopic (exact) mass is 276 g/mol.